The van der Waals surface area contributed by atoms with Crippen molar-refractivity contribution in [3.05, 3.63) is 79.1 Å². The third-order valence-electron chi connectivity index (χ3n) is 6.28. The first-order valence-corrected chi connectivity index (χ1v) is 12.3. The largest absolute Gasteiger partial charge is 0.353 e. The highest BCUT2D eigenvalue weighted by atomic mass is 19.1. The molecule has 1 aromatic carbocycles. The highest BCUT2D eigenvalue weighted by Gasteiger charge is 2.16. The molecule has 9 heteroatoms. The molecule has 0 atom stereocenters. The number of aromatic nitrogens is 6. The molecule has 188 valence electrons. The van der Waals surface area contributed by atoms with Gasteiger partial charge in [0.25, 0.3) is 0 Å². The molecule has 1 amide bonds. The molecule has 0 saturated carbocycles. The van der Waals surface area contributed by atoms with Gasteiger partial charge in [0.15, 0.2) is 0 Å². The third kappa shape index (κ3) is 4.50. The van der Waals surface area contributed by atoms with Crippen molar-refractivity contribution in [1.82, 2.24) is 30.1 Å². The fourth-order valence-corrected chi connectivity index (χ4v) is 4.53. The summed E-state index contributed by atoms with van der Waals surface area (Å²) in [7, 11) is 0. The number of aromatic amines is 2. The summed E-state index contributed by atoms with van der Waals surface area (Å²) in [5, 5.41) is 12.3. The lowest BCUT2D eigenvalue weighted by Crippen LogP contribution is -2.13. The Hall–Kier alpha value is -4.92. The van der Waals surface area contributed by atoms with Crippen LogP contribution in [-0.4, -0.2) is 36.0 Å². The molecule has 0 aliphatic carbocycles. The van der Waals surface area contributed by atoms with E-state index in [1.165, 1.54) is 12.1 Å². The normalized spacial score (nSPS) is 11.5. The second kappa shape index (κ2) is 9.51. The summed E-state index contributed by atoms with van der Waals surface area (Å²) < 4.78 is 13.5. The van der Waals surface area contributed by atoms with Crippen LogP contribution in [0.3, 0.4) is 0 Å². The summed E-state index contributed by atoms with van der Waals surface area (Å²) in [6.45, 7) is 4.01. The lowest BCUT2D eigenvalue weighted by Gasteiger charge is -2.08. The molecule has 6 aromatic rings. The second-order valence-electron chi connectivity index (χ2n) is 9.61. The molecule has 0 unspecified atom stereocenters. The minimum atomic E-state index is -0.290. The smallest absolute Gasteiger partial charge is 0.224 e. The number of hydrogen-bond acceptors (Lipinski definition) is 5. The topological polar surface area (TPSA) is 112 Å². The minimum Gasteiger partial charge on any atom is -0.353 e. The van der Waals surface area contributed by atoms with Crippen molar-refractivity contribution in [2.24, 2.45) is 5.92 Å². The van der Waals surface area contributed by atoms with Crippen LogP contribution < -0.4 is 5.32 Å². The van der Waals surface area contributed by atoms with Crippen molar-refractivity contribution in [2.75, 3.05) is 5.32 Å². The number of amides is 1. The monoisotopic (exact) mass is 505 g/mol. The maximum Gasteiger partial charge on any atom is 0.224 e. The molecule has 5 aromatic heterocycles. The highest BCUT2D eigenvalue weighted by Crippen LogP contribution is 2.34. The molecule has 0 saturated heterocycles. The van der Waals surface area contributed by atoms with Crippen molar-refractivity contribution >= 4 is 33.4 Å². The number of rotatable bonds is 6. The van der Waals surface area contributed by atoms with E-state index in [2.05, 4.69) is 35.5 Å². The lowest BCUT2D eigenvalue weighted by molar-refractivity contribution is -0.116. The molecule has 0 bridgehead atoms. The van der Waals surface area contributed by atoms with Gasteiger partial charge < -0.3 is 10.3 Å². The molecular formula is C29H24FN7O. The van der Waals surface area contributed by atoms with Crippen LogP contribution in [-0.2, 0) is 4.79 Å². The first-order valence-electron chi connectivity index (χ1n) is 12.3. The number of H-pyrrole nitrogens is 2. The van der Waals surface area contributed by atoms with Gasteiger partial charge in [0, 0.05) is 46.2 Å². The van der Waals surface area contributed by atoms with Gasteiger partial charge in [0.2, 0.25) is 5.91 Å². The van der Waals surface area contributed by atoms with Crippen molar-refractivity contribution in [2.45, 2.75) is 20.3 Å². The number of nitrogens with one attached hydrogen (secondary N) is 3. The summed E-state index contributed by atoms with van der Waals surface area (Å²) in [5.74, 6) is -0.0727. The molecule has 6 rings (SSSR count). The number of fused-ring (bicyclic) bond motifs is 2. The Morgan fingerprint density at radius 3 is 2.55 bits per heavy atom. The van der Waals surface area contributed by atoms with Gasteiger partial charge in [-0.2, -0.15) is 5.10 Å². The number of pyridine rings is 3. The average molecular weight is 506 g/mol. The fourth-order valence-electron chi connectivity index (χ4n) is 4.53. The quantitative estimate of drug-likeness (QED) is 0.244. The molecule has 38 heavy (non-hydrogen) atoms. The standard InChI is InChI=1S/C29H24FN7O/c1-16(2)9-27(38)34-20-10-18(13-31-14-20)24-11-22-26(15-33-24)36-37-29(22)25-12-21-23(35-25)7-8-32-28(21)17-3-5-19(30)6-4-17/h3-8,10-16,35H,9H2,1-2H3,(H,34,38)(H,36,37). The van der Waals surface area contributed by atoms with E-state index in [0.717, 1.165) is 50.0 Å². The Morgan fingerprint density at radius 1 is 0.921 bits per heavy atom. The lowest BCUT2D eigenvalue weighted by atomic mass is 10.1. The molecule has 0 spiro atoms. The van der Waals surface area contributed by atoms with Gasteiger partial charge in [-0.05, 0) is 54.4 Å². The minimum absolute atomic E-state index is 0.0483. The van der Waals surface area contributed by atoms with E-state index in [1.807, 2.05) is 38.1 Å². The van der Waals surface area contributed by atoms with Gasteiger partial charge in [-0.3, -0.25) is 24.8 Å². The van der Waals surface area contributed by atoms with E-state index in [-0.39, 0.29) is 17.6 Å². The van der Waals surface area contributed by atoms with Crippen molar-refractivity contribution in [1.29, 1.82) is 0 Å². The Labute approximate surface area is 217 Å². The van der Waals surface area contributed by atoms with Crippen LogP contribution >= 0.6 is 0 Å². The molecule has 0 radical (unpaired) electrons. The van der Waals surface area contributed by atoms with Crippen LogP contribution in [0, 0.1) is 11.7 Å². The summed E-state index contributed by atoms with van der Waals surface area (Å²) >= 11 is 0. The molecular weight excluding hydrogens is 481 g/mol. The van der Waals surface area contributed by atoms with Crippen LogP contribution in [0.5, 0.6) is 0 Å². The molecule has 3 N–H and O–H groups in total. The SMILES string of the molecule is CC(C)CC(=O)Nc1cncc(-c2cc3c(-c4cc5c(-c6ccc(F)cc6)nccc5[nH]4)n[nH]c3cn2)c1. The Morgan fingerprint density at radius 2 is 1.74 bits per heavy atom. The molecule has 0 aliphatic rings. The highest BCUT2D eigenvalue weighted by molar-refractivity contribution is 6.00. The Balaban J connectivity index is 1.38. The van der Waals surface area contributed by atoms with Gasteiger partial charge in [0.05, 0.1) is 40.7 Å². The van der Waals surface area contributed by atoms with Crippen molar-refractivity contribution in [3.8, 4) is 33.9 Å². The van der Waals surface area contributed by atoms with Gasteiger partial charge in [-0.1, -0.05) is 13.8 Å². The zero-order valence-electron chi connectivity index (χ0n) is 20.8. The molecule has 8 nitrogen and oxygen atoms in total. The molecule has 0 aliphatic heterocycles. The van der Waals surface area contributed by atoms with Crippen LogP contribution in [0.25, 0.3) is 55.7 Å². The number of nitrogens with zero attached hydrogens (tertiary/aromatic N) is 4. The van der Waals surface area contributed by atoms with Crippen LogP contribution in [0.4, 0.5) is 10.1 Å². The summed E-state index contributed by atoms with van der Waals surface area (Å²) in [5.41, 5.74) is 6.93. The number of anilines is 1. The zero-order valence-corrected chi connectivity index (χ0v) is 20.8. The van der Waals surface area contributed by atoms with Crippen molar-refractivity contribution < 1.29 is 9.18 Å². The second-order valence-corrected chi connectivity index (χ2v) is 9.61. The average Bonchev–Trinajstić information content (AvgIpc) is 3.52. The number of carbonyl (C=O) groups is 1. The van der Waals surface area contributed by atoms with Gasteiger partial charge in [-0.15, -0.1) is 0 Å². The Kier molecular flexibility index (Phi) is 5.88. The first-order chi connectivity index (χ1) is 18.4. The third-order valence-corrected chi connectivity index (χ3v) is 6.28. The van der Waals surface area contributed by atoms with E-state index in [4.69, 9.17) is 0 Å². The van der Waals surface area contributed by atoms with E-state index in [1.54, 1.807) is 36.9 Å². The molecule has 5 heterocycles. The van der Waals surface area contributed by atoms with E-state index in [9.17, 15) is 9.18 Å². The van der Waals surface area contributed by atoms with E-state index in [0.29, 0.717) is 17.8 Å². The van der Waals surface area contributed by atoms with E-state index >= 15 is 0 Å². The van der Waals surface area contributed by atoms with Crippen LogP contribution in [0.2, 0.25) is 0 Å². The van der Waals surface area contributed by atoms with Gasteiger partial charge >= 0.3 is 0 Å². The van der Waals surface area contributed by atoms with Crippen LogP contribution in [0.15, 0.2) is 73.3 Å². The van der Waals surface area contributed by atoms with Crippen LogP contribution in [0.1, 0.15) is 20.3 Å². The zero-order chi connectivity index (χ0) is 26.2. The van der Waals surface area contributed by atoms with E-state index < -0.39 is 0 Å². The maximum atomic E-state index is 13.5. The number of benzene rings is 1. The van der Waals surface area contributed by atoms with Crippen molar-refractivity contribution in [3.63, 3.8) is 0 Å². The summed E-state index contributed by atoms with van der Waals surface area (Å²) in [6, 6.07) is 14.0. The predicted molar refractivity (Wildman–Crippen MR) is 146 cm³/mol. The number of hydrogen-bond donors (Lipinski definition) is 3. The first kappa shape index (κ1) is 23.5. The number of carbonyl (C=O) groups excluding carboxylic acids is 1. The summed E-state index contributed by atoms with van der Waals surface area (Å²) in [6.07, 6.45) is 7.25. The Bertz CT molecular complexity index is 1790. The predicted octanol–water partition coefficient (Wildman–Crippen LogP) is 6.35. The molecule has 0 fully saturated rings. The van der Waals surface area contributed by atoms with Gasteiger partial charge in [-0.25, -0.2) is 4.39 Å². The maximum absolute atomic E-state index is 13.5. The van der Waals surface area contributed by atoms with Gasteiger partial charge in [0.1, 0.15) is 11.5 Å². The fraction of sp³-hybridized carbons (Fsp3) is 0.138. The summed E-state index contributed by atoms with van der Waals surface area (Å²) in [4.78, 5) is 29.1. The number of halogens is 1.